The number of nitrogens with zero attached hydrogens (tertiary/aromatic N) is 3. The number of aromatic nitrogens is 3. The molecular weight excluding hydrogens is 228 g/mol. The van der Waals surface area contributed by atoms with Crippen molar-refractivity contribution in [1.82, 2.24) is 20.3 Å². The molecule has 0 saturated carbocycles. The van der Waals surface area contributed by atoms with Crippen LogP contribution < -0.4 is 10.1 Å². The quantitative estimate of drug-likeness (QED) is 0.864. The van der Waals surface area contributed by atoms with Crippen molar-refractivity contribution in [3.8, 4) is 5.75 Å². The number of benzene rings is 1. The molecule has 1 atom stereocenters. The molecule has 0 aliphatic carbocycles. The lowest BCUT2D eigenvalue weighted by atomic mass is 10.0. The average Bonchev–Trinajstić information content (AvgIpc) is 2.83. The molecule has 0 radical (unpaired) electrons. The van der Waals surface area contributed by atoms with Crippen LogP contribution in [0.4, 0.5) is 0 Å². The van der Waals surface area contributed by atoms with Crippen LogP contribution in [0.5, 0.6) is 5.75 Å². The zero-order valence-electron chi connectivity index (χ0n) is 10.9. The van der Waals surface area contributed by atoms with Gasteiger partial charge in [0, 0.05) is 7.05 Å². The van der Waals surface area contributed by atoms with Crippen LogP contribution in [0.25, 0.3) is 0 Å². The van der Waals surface area contributed by atoms with Gasteiger partial charge in [-0.1, -0.05) is 17.3 Å². The topological polar surface area (TPSA) is 52.0 Å². The molecule has 0 aliphatic heterocycles. The lowest BCUT2D eigenvalue weighted by molar-refractivity contribution is 0.414. The Morgan fingerprint density at radius 2 is 2.06 bits per heavy atom. The van der Waals surface area contributed by atoms with Crippen LogP contribution in [0.2, 0.25) is 0 Å². The van der Waals surface area contributed by atoms with Gasteiger partial charge in [-0.2, -0.15) is 0 Å². The monoisotopic (exact) mass is 246 g/mol. The molecule has 2 rings (SSSR count). The molecule has 5 heteroatoms. The zero-order valence-corrected chi connectivity index (χ0v) is 10.9. The van der Waals surface area contributed by atoms with Crippen molar-refractivity contribution in [1.29, 1.82) is 0 Å². The van der Waals surface area contributed by atoms with E-state index in [9.17, 15) is 0 Å². The number of aryl methyl sites for hydroxylation is 1. The smallest absolute Gasteiger partial charge is 0.118 e. The van der Waals surface area contributed by atoms with E-state index in [0.29, 0.717) is 0 Å². The summed E-state index contributed by atoms with van der Waals surface area (Å²) in [6.07, 6.45) is 2.69. The van der Waals surface area contributed by atoms with Gasteiger partial charge in [-0.25, -0.2) is 0 Å². The molecule has 0 spiro atoms. The molecular formula is C13H18N4O. The third kappa shape index (κ3) is 2.68. The van der Waals surface area contributed by atoms with E-state index in [1.165, 1.54) is 5.56 Å². The molecule has 5 nitrogen and oxygen atoms in total. The fourth-order valence-electron chi connectivity index (χ4n) is 1.96. The van der Waals surface area contributed by atoms with Crippen LogP contribution in [0.1, 0.15) is 17.3 Å². The summed E-state index contributed by atoms with van der Waals surface area (Å²) in [5, 5.41) is 11.2. The number of ether oxygens (including phenoxy) is 1. The summed E-state index contributed by atoms with van der Waals surface area (Å²) in [6, 6.07) is 8.31. The predicted molar refractivity (Wildman–Crippen MR) is 69.5 cm³/mol. The summed E-state index contributed by atoms with van der Waals surface area (Å²) < 4.78 is 6.95. The number of nitrogens with one attached hydrogen (secondary N) is 1. The summed E-state index contributed by atoms with van der Waals surface area (Å²) in [7, 11) is 5.52. The molecule has 0 amide bonds. The SMILES string of the molecule is CNC(Cc1ccc(OC)cc1)c1cnnn1C. The second-order valence-electron chi connectivity index (χ2n) is 4.18. The largest absolute Gasteiger partial charge is 0.497 e. The summed E-state index contributed by atoms with van der Waals surface area (Å²) in [5.41, 5.74) is 2.32. The highest BCUT2D eigenvalue weighted by Gasteiger charge is 2.14. The highest BCUT2D eigenvalue weighted by Crippen LogP contribution is 2.18. The Morgan fingerprint density at radius 3 is 2.56 bits per heavy atom. The molecule has 18 heavy (non-hydrogen) atoms. The van der Waals surface area contributed by atoms with Crippen molar-refractivity contribution in [2.24, 2.45) is 7.05 Å². The lowest BCUT2D eigenvalue weighted by Gasteiger charge is -2.16. The highest BCUT2D eigenvalue weighted by molar-refractivity contribution is 5.28. The molecule has 1 aromatic carbocycles. The molecule has 0 bridgehead atoms. The zero-order chi connectivity index (χ0) is 13.0. The Hall–Kier alpha value is -1.88. The van der Waals surface area contributed by atoms with Crippen molar-refractivity contribution >= 4 is 0 Å². The van der Waals surface area contributed by atoms with Gasteiger partial charge in [0.1, 0.15) is 5.75 Å². The number of hydrogen-bond donors (Lipinski definition) is 1. The minimum atomic E-state index is 0.207. The first-order chi connectivity index (χ1) is 8.74. The number of likely N-dealkylation sites (N-methyl/N-ethyl adjacent to an activating group) is 1. The molecule has 1 heterocycles. The van der Waals surface area contributed by atoms with Crippen LogP contribution in [0.15, 0.2) is 30.5 Å². The van der Waals surface area contributed by atoms with Gasteiger partial charge in [0.25, 0.3) is 0 Å². The van der Waals surface area contributed by atoms with Crippen LogP contribution in [0, 0.1) is 0 Å². The molecule has 96 valence electrons. The van der Waals surface area contributed by atoms with Gasteiger partial charge >= 0.3 is 0 Å². The van der Waals surface area contributed by atoms with E-state index < -0.39 is 0 Å². The fraction of sp³-hybridized carbons (Fsp3) is 0.385. The Bertz CT molecular complexity index is 492. The Balaban J connectivity index is 2.13. The van der Waals surface area contributed by atoms with Crippen LogP contribution >= 0.6 is 0 Å². The molecule has 0 saturated heterocycles. The first kappa shape index (κ1) is 12.6. The standard InChI is InChI=1S/C13H18N4O/c1-14-12(13-9-15-16-17(13)2)8-10-4-6-11(18-3)7-5-10/h4-7,9,12,14H,8H2,1-3H3. The van der Waals surface area contributed by atoms with Gasteiger partial charge < -0.3 is 10.1 Å². The van der Waals surface area contributed by atoms with Gasteiger partial charge in [0.15, 0.2) is 0 Å². The number of hydrogen-bond acceptors (Lipinski definition) is 4. The maximum absolute atomic E-state index is 5.15. The van der Waals surface area contributed by atoms with Gasteiger partial charge in [-0.3, -0.25) is 4.68 Å². The Labute approximate surface area is 107 Å². The summed E-state index contributed by atoms with van der Waals surface area (Å²) >= 11 is 0. The summed E-state index contributed by atoms with van der Waals surface area (Å²) in [4.78, 5) is 0. The third-order valence-corrected chi connectivity index (χ3v) is 3.05. The number of methoxy groups -OCH3 is 1. The van der Waals surface area contributed by atoms with E-state index in [-0.39, 0.29) is 6.04 Å². The molecule has 1 aromatic heterocycles. The maximum Gasteiger partial charge on any atom is 0.118 e. The third-order valence-electron chi connectivity index (χ3n) is 3.05. The van der Waals surface area contributed by atoms with Crippen molar-refractivity contribution in [2.75, 3.05) is 14.2 Å². The van der Waals surface area contributed by atoms with Crippen molar-refractivity contribution in [2.45, 2.75) is 12.5 Å². The van der Waals surface area contributed by atoms with E-state index in [4.69, 9.17) is 4.74 Å². The summed E-state index contributed by atoms with van der Waals surface area (Å²) in [6.45, 7) is 0. The van der Waals surface area contributed by atoms with Crippen LogP contribution in [-0.2, 0) is 13.5 Å². The van der Waals surface area contributed by atoms with Gasteiger partial charge in [-0.05, 0) is 31.2 Å². The Kier molecular flexibility index (Phi) is 3.94. The van der Waals surface area contributed by atoms with Crippen molar-refractivity contribution in [3.63, 3.8) is 0 Å². The molecule has 1 unspecified atom stereocenters. The van der Waals surface area contributed by atoms with Crippen molar-refractivity contribution in [3.05, 3.63) is 41.7 Å². The molecule has 1 N–H and O–H groups in total. The highest BCUT2D eigenvalue weighted by atomic mass is 16.5. The fourth-order valence-corrected chi connectivity index (χ4v) is 1.96. The van der Waals surface area contributed by atoms with Crippen LogP contribution in [-0.4, -0.2) is 29.2 Å². The maximum atomic E-state index is 5.15. The van der Waals surface area contributed by atoms with E-state index in [2.05, 4.69) is 27.8 Å². The van der Waals surface area contributed by atoms with Gasteiger partial charge in [0.05, 0.1) is 25.0 Å². The molecule has 0 fully saturated rings. The molecule has 2 aromatic rings. The first-order valence-electron chi connectivity index (χ1n) is 5.89. The van der Waals surface area contributed by atoms with Gasteiger partial charge in [0.2, 0.25) is 0 Å². The predicted octanol–water partition coefficient (Wildman–Crippen LogP) is 1.33. The number of rotatable bonds is 5. The van der Waals surface area contributed by atoms with Crippen LogP contribution in [0.3, 0.4) is 0 Å². The second-order valence-corrected chi connectivity index (χ2v) is 4.18. The van der Waals surface area contributed by atoms with E-state index >= 15 is 0 Å². The molecule has 0 aliphatic rings. The Morgan fingerprint density at radius 1 is 1.33 bits per heavy atom. The summed E-state index contributed by atoms with van der Waals surface area (Å²) in [5.74, 6) is 0.877. The normalized spacial score (nSPS) is 12.4. The van der Waals surface area contributed by atoms with E-state index in [0.717, 1.165) is 17.9 Å². The van der Waals surface area contributed by atoms with E-state index in [1.807, 2.05) is 26.2 Å². The average molecular weight is 246 g/mol. The van der Waals surface area contributed by atoms with Gasteiger partial charge in [-0.15, -0.1) is 5.10 Å². The first-order valence-corrected chi connectivity index (χ1v) is 5.89. The minimum Gasteiger partial charge on any atom is -0.497 e. The van der Waals surface area contributed by atoms with Crippen molar-refractivity contribution < 1.29 is 4.74 Å². The minimum absolute atomic E-state index is 0.207. The lowest BCUT2D eigenvalue weighted by Crippen LogP contribution is -2.21. The second kappa shape index (κ2) is 5.64. The van der Waals surface area contributed by atoms with E-state index in [1.54, 1.807) is 18.0 Å².